The number of halogens is 2. The van der Waals surface area contributed by atoms with E-state index < -0.39 is 0 Å². The van der Waals surface area contributed by atoms with Crippen LogP contribution in [0.5, 0.6) is 5.75 Å². The van der Waals surface area contributed by atoms with Gasteiger partial charge in [-0.25, -0.2) is 0 Å². The van der Waals surface area contributed by atoms with Crippen molar-refractivity contribution in [2.45, 2.75) is 6.10 Å². The lowest BCUT2D eigenvalue weighted by Gasteiger charge is -2.06. The lowest BCUT2D eigenvalue weighted by molar-refractivity contribution is 0.261. The highest BCUT2D eigenvalue weighted by Gasteiger charge is 2.23. The highest BCUT2D eigenvalue weighted by molar-refractivity contribution is 14.1. The molecule has 1 aromatic carbocycles. The second-order valence-electron chi connectivity index (χ2n) is 2.84. The van der Waals surface area contributed by atoms with Gasteiger partial charge in [0.1, 0.15) is 18.5 Å². The molecule has 1 atom stereocenters. The third-order valence-corrected chi connectivity index (χ3v) is 2.80. The van der Waals surface area contributed by atoms with Crippen molar-refractivity contribution in [1.82, 2.24) is 0 Å². The maximum atomic E-state index is 5.81. The predicted octanol–water partition coefficient (Wildman–Crippen LogP) is 2.72. The third kappa shape index (κ3) is 2.72. The van der Waals surface area contributed by atoms with Crippen LogP contribution in [0.4, 0.5) is 0 Å². The summed E-state index contributed by atoms with van der Waals surface area (Å²) in [4.78, 5) is 0. The Bertz CT molecular complexity index is 312. The second kappa shape index (κ2) is 4.02. The van der Waals surface area contributed by atoms with Crippen molar-refractivity contribution in [2.75, 3.05) is 13.2 Å². The zero-order valence-corrected chi connectivity index (χ0v) is 9.71. The van der Waals surface area contributed by atoms with Crippen LogP contribution in [0, 0.1) is 3.57 Å². The molecule has 1 aromatic rings. The van der Waals surface area contributed by atoms with Gasteiger partial charge in [-0.15, -0.1) is 0 Å². The third-order valence-electron chi connectivity index (χ3n) is 1.72. The molecule has 0 radical (unpaired) electrons. The van der Waals surface area contributed by atoms with E-state index in [9.17, 15) is 0 Å². The van der Waals surface area contributed by atoms with Gasteiger partial charge in [0.05, 0.1) is 10.2 Å². The van der Waals surface area contributed by atoms with Crippen LogP contribution in [-0.4, -0.2) is 19.3 Å². The summed E-state index contributed by atoms with van der Waals surface area (Å²) in [5, 5.41) is 0.736. The molecule has 1 saturated heterocycles. The smallest absolute Gasteiger partial charge is 0.132 e. The molecule has 2 nitrogen and oxygen atoms in total. The number of benzene rings is 1. The van der Waals surface area contributed by atoms with Crippen molar-refractivity contribution in [1.29, 1.82) is 0 Å². The number of hydrogen-bond donors (Lipinski definition) is 0. The predicted molar refractivity (Wildman–Crippen MR) is 59.4 cm³/mol. The van der Waals surface area contributed by atoms with E-state index in [2.05, 4.69) is 22.6 Å². The zero-order valence-electron chi connectivity index (χ0n) is 6.80. The van der Waals surface area contributed by atoms with E-state index >= 15 is 0 Å². The lowest BCUT2D eigenvalue weighted by atomic mass is 10.3. The van der Waals surface area contributed by atoms with Crippen LogP contribution >= 0.6 is 34.2 Å². The molecule has 2 rings (SSSR count). The lowest BCUT2D eigenvalue weighted by Crippen LogP contribution is -2.04. The van der Waals surface area contributed by atoms with Gasteiger partial charge in [0.15, 0.2) is 0 Å². The first-order valence-corrected chi connectivity index (χ1v) is 5.41. The van der Waals surface area contributed by atoms with Crippen LogP contribution in [0.25, 0.3) is 0 Å². The normalized spacial score (nSPS) is 20.0. The van der Waals surface area contributed by atoms with Gasteiger partial charge in [-0.3, -0.25) is 0 Å². The molecule has 0 amide bonds. The van der Waals surface area contributed by atoms with Gasteiger partial charge in [0.2, 0.25) is 0 Å². The summed E-state index contributed by atoms with van der Waals surface area (Å²) >= 11 is 8.01. The average molecular weight is 311 g/mol. The first-order valence-electron chi connectivity index (χ1n) is 3.95. The topological polar surface area (TPSA) is 21.8 Å². The molecule has 1 fully saturated rings. The van der Waals surface area contributed by atoms with Crippen molar-refractivity contribution < 1.29 is 9.47 Å². The van der Waals surface area contributed by atoms with Crippen molar-refractivity contribution >= 4 is 34.2 Å². The number of rotatable bonds is 3. The van der Waals surface area contributed by atoms with Gasteiger partial charge in [-0.1, -0.05) is 11.6 Å². The molecule has 1 heterocycles. The Morgan fingerprint density at radius 2 is 2.38 bits per heavy atom. The summed E-state index contributed by atoms with van der Waals surface area (Å²) in [6.07, 6.45) is 0.298. The molecule has 1 aliphatic rings. The summed E-state index contributed by atoms with van der Waals surface area (Å²) in [5.74, 6) is 0.875. The second-order valence-corrected chi connectivity index (χ2v) is 4.44. The summed E-state index contributed by atoms with van der Waals surface area (Å²) < 4.78 is 11.6. The van der Waals surface area contributed by atoms with E-state index in [1.807, 2.05) is 18.2 Å². The molecule has 0 N–H and O–H groups in total. The molecular formula is C9H8ClIO2. The van der Waals surface area contributed by atoms with E-state index in [4.69, 9.17) is 21.1 Å². The van der Waals surface area contributed by atoms with E-state index in [1.165, 1.54) is 0 Å². The average Bonchev–Trinajstić information content (AvgIpc) is 2.86. The highest BCUT2D eigenvalue weighted by Crippen LogP contribution is 2.25. The Hall–Kier alpha value is -0.000000000000000111. The van der Waals surface area contributed by atoms with Crippen LogP contribution in [0.3, 0.4) is 0 Å². The van der Waals surface area contributed by atoms with Crippen LogP contribution < -0.4 is 4.74 Å². The Labute approximate surface area is 95.3 Å². The minimum atomic E-state index is 0.298. The van der Waals surface area contributed by atoms with Crippen LogP contribution in [0.15, 0.2) is 18.2 Å². The first-order chi connectivity index (χ1) is 6.25. The Kier molecular flexibility index (Phi) is 2.96. The van der Waals surface area contributed by atoms with Crippen molar-refractivity contribution in [2.24, 2.45) is 0 Å². The summed E-state index contributed by atoms with van der Waals surface area (Å²) in [5.41, 5.74) is 0. The Morgan fingerprint density at radius 1 is 1.62 bits per heavy atom. The molecule has 0 saturated carbocycles. The monoisotopic (exact) mass is 310 g/mol. The highest BCUT2D eigenvalue weighted by atomic mass is 127. The number of ether oxygens (including phenoxy) is 2. The van der Waals surface area contributed by atoms with Gasteiger partial charge in [0.25, 0.3) is 0 Å². The van der Waals surface area contributed by atoms with E-state index in [0.717, 1.165) is 20.9 Å². The molecule has 4 heteroatoms. The van der Waals surface area contributed by atoms with Crippen LogP contribution in [0.2, 0.25) is 5.02 Å². The molecule has 1 unspecified atom stereocenters. The van der Waals surface area contributed by atoms with Crippen molar-refractivity contribution in [3.63, 3.8) is 0 Å². The van der Waals surface area contributed by atoms with Gasteiger partial charge >= 0.3 is 0 Å². The largest absolute Gasteiger partial charge is 0.490 e. The number of epoxide rings is 1. The first kappa shape index (κ1) is 9.55. The van der Waals surface area contributed by atoms with E-state index in [0.29, 0.717) is 12.7 Å². The van der Waals surface area contributed by atoms with Gasteiger partial charge < -0.3 is 9.47 Å². The molecule has 1 aliphatic heterocycles. The van der Waals surface area contributed by atoms with Crippen LogP contribution in [-0.2, 0) is 4.74 Å². The van der Waals surface area contributed by atoms with Crippen LogP contribution in [0.1, 0.15) is 0 Å². The summed E-state index contributed by atoms with van der Waals surface area (Å²) in [6, 6.07) is 5.59. The molecule has 13 heavy (non-hydrogen) atoms. The molecule has 0 aliphatic carbocycles. The van der Waals surface area contributed by atoms with Gasteiger partial charge in [0, 0.05) is 5.02 Å². The van der Waals surface area contributed by atoms with Gasteiger partial charge in [-0.2, -0.15) is 0 Å². The minimum Gasteiger partial charge on any atom is -0.490 e. The Balaban J connectivity index is 2.01. The minimum absolute atomic E-state index is 0.298. The van der Waals surface area contributed by atoms with Crippen molar-refractivity contribution in [3.8, 4) is 5.75 Å². The van der Waals surface area contributed by atoms with E-state index in [1.54, 1.807) is 0 Å². The summed E-state index contributed by atoms with van der Waals surface area (Å²) in [7, 11) is 0. The zero-order chi connectivity index (χ0) is 9.26. The fraction of sp³-hybridized carbons (Fsp3) is 0.333. The fourth-order valence-electron chi connectivity index (χ4n) is 0.939. The fourth-order valence-corrected chi connectivity index (χ4v) is 1.97. The van der Waals surface area contributed by atoms with Gasteiger partial charge in [-0.05, 0) is 40.8 Å². The van der Waals surface area contributed by atoms with Crippen molar-refractivity contribution in [3.05, 3.63) is 26.8 Å². The standard InChI is InChI=1S/C9H8ClIO2/c10-6-1-2-9(8(11)3-6)13-5-7-4-12-7/h1-3,7H,4-5H2. The molecule has 0 spiro atoms. The quantitative estimate of drug-likeness (QED) is 0.632. The Morgan fingerprint density at radius 3 is 3.00 bits per heavy atom. The molecule has 0 bridgehead atoms. The molecule has 70 valence electrons. The summed E-state index contributed by atoms with van der Waals surface area (Å²) in [6.45, 7) is 1.46. The molecular weight excluding hydrogens is 302 g/mol. The maximum Gasteiger partial charge on any atom is 0.132 e. The number of hydrogen-bond acceptors (Lipinski definition) is 2. The SMILES string of the molecule is Clc1ccc(OCC2CO2)c(I)c1. The molecule has 0 aromatic heterocycles. The van der Waals surface area contributed by atoms with E-state index in [-0.39, 0.29) is 0 Å². The maximum absolute atomic E-state index is 5.81.